The molecule has 0 spiro atoms. The van der Waals surface area contributed by atoms with Crippen LogP contribution in [0.25, 0.3) is 0 Å². The minimum absolute atomic E-state index is 0.266. The van der Waals surface area contributed by atoms with E-state index in [0.29, 0.717) is 6.54 Å². The SMILES string of the molecule is CCOC(=O)C(C(=O)NCC(C)(C)OC)C(C)(C)C. The molecule has 1 amide bonds. The standard InChI is InChI=1S/C14H27NO4/c1-8-19-12(17)10(13(2,3)4)11(16)15-9-14(5,6)18-7/h10H,8-9H2,1-7H3,(H,15,16). The van der Waals surface area contributed by atoms with Crippen LogP contribution in [0.4, 0.5) is 0 Å². The van der Waals surface area contributed by atoms with Crippen molar-refractivity contribution in [2.45, 2.75) is 47.1 Å². The van der Waals surface area contributed by atoms with E-state index in [2.05, 4.69) is 5.32 Å². The summed E-state index contributed by atoms with van der Waals surface area (Å²) in [5.74, 6) is -1.63. The molecule has 1 atom stereocenters. The van der Waals surface area contributed by atoms with Crippen molar-refractivity contribution in [1.29, 1.82) is 0 Å². The Hall–Kier alpha value is -1.10. The van der Waals surface area contributed by atoms with Crippen LogP contribution in [-0.2, 0) is 19.1 Å². The van der Waals surface area contributed by atoms with Gasteiger partial charge in [-0.05, 0) is 26.2 Å². The summed E-state index contributed by atoms with van der Waals surface area (Å²) in [5, 5.41) is 2.76. The predicted molar refractivity (Wildman–Crippen MR) is 73.7 cm³/mol. The summed E-state index contributed by atoms with van der Waals surface area (Å²) in [6.07, 6.45) is 0. The maximum Gasteiger partial charge on any atom is 0.319 e. The van der Waals surface area contributed by atoms with Gasteiger partial charge in [0.2, 0.25) is 5.91 Å². The zero-order valence-electron chi connectivity index (χ0n) is 13.1. The maximum absolute atomic E-state index is 12.2. The number of rotatable bonds is 6. The molecule has 0 aliphatic rings. The molecule has 0 aromatic heterocycles. The van der Waals surface area contributed by atoms with Crippen molar-refractivity contribution in [1.82, 2.24) is 5.32 Å². The fourth-order valence-corrected chi connectivity index (χ4v) is 1.55. The lowest BCUT2D eigenvalue weighted by molar-refractivity contribution is -0.157. The quantitative estimate of drug-likeness (QED) is 0.591. The van der Waals surface area contributed by atoms with Gasteiger partial charge in [0.1, 0.15) is 5.92 Å². The van der Waals surface area contributed by atoms with E-state index in [9.17, 15) is 9.59 Å². The maximum atomic E-state index is 12.2. The highest BCUT2D eigenvalue weighted by Crippen LogP contribution is 2.27. The van der Waals surface area contributed by atoms with Crippen molar-refractivity contribution in [2.24, 2.45) is 11.3 Å². The van der Waals surface area contributed by atoms with E-state index in [1.165, 1.54) is 0 Å². The van der Waals surface area contributed by atoms with E-state index >= 15 is 0 Å². The molecule has 1 unspecified atom stereocenters. The highest BCUT2D eigenvalue weighted by atomic mass is 16.5. The van der Waals surface area contributed by atoms with Gasteiger partial charge in [0.15, 0.2) is 0 Å². The fourth-order valence-electron chi connectivity index (χ4n) is 1.55. The summed E-state index contributed by atoms with van der Waals surface area (Å²) >= 11 is 0. The van der Waals surface area contributed by atoms with Crippen molar-refractivity contribution >= 4 is 11.9 Å². The van der Waals surface area contributed by atoms with E-state index in [0.717, 1.165) is 0 Å². The second-order valence-electron chi connectivity index (χ2n) is 6.23. The van der Waals surface area contributed by atoms with Crippen LogP contribution in [0.1, 0.15) is 41.5 Å². The van der Waals surface area contributed by atoms with E-state index in [1.807, 2.05) is 34.6 Å². The van der Waals surface area contributed by atoms with Crippen molar-refractivity contribution in [2.75, 3.05) is 20.3 Å². The lowest BCUT2D eigenvalue weighted by Gasteiger charge is -2.29. The Morgan fingerprint density at radius 2 is 1.68 bits per heavy atom. The predicted octanol–water partition coefficient (Wildman–Crippen LogP) is 1.75. The normalized spacial score (nSPS) is 13.8. The smallest absolute Gasteiger partial charge is 0.319 e. The second kappa shape index (κ2) is 6.89. The van der Waals surface area contributed by atoms with Crippen LogP contribution in [0.15, 0.2) is 0 Å². The van der Waals surface area contributed by atoms with Gasteiger partial charge in [-0.3, -0.25) is 9.59 Å². The molecule has 0 aliphatic carbocycles. The third-order valence-corrected chi connectivity index (χ3v) is 2.89. The van der Waals surface area contributed by atoms with Crippen molar-refractivity contribution < 1.29 is 19.1 Å². The van der Waals surface area contributed by atoms with Gasteiger partial charge in [-0.2, -0.15) is 0 Å². The highest BCUT2D eigenvalue weighted by Gasteiger charge is 2.39. The number of amides is 1. The zero-order chi connectivity index (χ0) is 15.3. The molecule has 0 rings (SSSR count). The molecular weight excluding hydrogens is 246 g/mol. The zero-order valence-corrected chi connectivity index (χ0v) is 13.1. The van der Waals surface area contributed by atoms with E-state index < -0.39 is 22.9 Å². The molecule has 0 saturated carbocycles. The average molecular weight is 273 g/mol. The van der Waals surface area contributed by atoms with Gasteiger partial charge >= 0.3 is 5.97 Å². The average Bonchev–Trinajstić information content (AvgIpc) is 2.25. The summed E-state index contributed by atoms with van der Waals surface area (Å²) in [4.78, 5) is 24.1. The largest absolute Gasteiger partial charge is 0.465 e. The lowest BCUT2D eigenvalue weighted by Crippen LogP contribution is -2.48. The number of nitrogens with one attached hydrogen (secondary N) is 1. The Morgan fingerprint density at radius 1 is 1.16 bits per heavy atom. The number of carbonyl (C=O) groups is 2. The third kappa shape index (κ3) is 6.05. The Balaban J connectivity index is 4.80. The van der Waals surface area contributed by atoms with Crippen LogP contribution < -0.4 is 5.32 Å². The molecule has 0 aliphatic heterocycles. The van der Waals surface area contributed by atoms with E-state index in [-0.39, 0.29) is 12.5 Å². The molecule has 0 heterocycles. The van der Waals surface area contributed by atoms with Gasteiger partial charge in [-0.25, -0.2) is 0 Å². The topological polar surface area (TPSA) is 64.6 Å². The molecular formula is C14H27NO4. The molecule has 0 bridgehead atoms. The number of hydrogen-bond donors (Lipinski definition) is 1. The Bertz CT molecular complexity index is 318. The molecule has 0 radical (unpaired) electrons. The minimum Gasteiger partial charge on any atom is -0.465 e. The van der Waals surface area contributed by atoms with Crippen LogP contribution in [0.2, 0.25) is 0 Å². The molecule has 0 aromatic carbocycles. The Kier molecular flexibility index (Phi) is 6.49. The first-order valence-electron chi connectivity index (χ1n) is 6.54. The molecule has 0 saturated heterocycles. The molecule has 0 aromatic rings. The van der Waals surface area contributed by atoms with Crippen LogP contribution >= 0.6 is 0 Å². The summed E-state index contributed by atoms with van der Waals surface area (Å²) in [5.41, 5.74) is -0.958. The molecule has 5 heteroatoms. The van der Waals surface area contributed by atoms with Crippen LogP contribution in [-0.4, -0.2) is 37.7 Å². The van der Waals surface area contributed by atoms with Gasteiger partial charge in [-0.15, -0.1) is 0 Å². The monoisotopic (exact) mass is 273 g/mol. The van der Waals surface area contributed by atoms with Crippen molar-refractivity contribution in [3.63, 3.8) is 0 Å². The van der Waals surface area contributed by atoms with E-state index in [1.54, 1.807) is 14.0 Å². The molecule has 112 valence electrons. The van der Waals surface area contributed by atoms with Gasteiger partial charge < -0.3 is 14.8 Å². The van der Waals surface area contributed by atoms with E-state index in [4.69, 9.17) is 9.47 Å². The Labute approximate surface area is 116 Å². The first-order chi connectivity index (χ1) is 8.55. The first kappa shape index (κ1) is 17.9. The van der Waals surface area contributed by atoms with Crippen LogP contribution in [0.5, 0.6) is 0 Å². The fraction of sp³-hybridized carbons (Fsp3) is 0.857. The number of esters is 1. The summed E-state index contributed by atoms with van der Waals surface area (Å²) < 4.78 is 10.2. The van der Waals surface area contributed by atoms with Crippen LogP contribution in [0, 0.1) is 11.3 Å². The molecule has 5 nitrogen and oxygen atoms in total. The summed E-state index contributed by atoms with van der Waals surface area (Å²) in [7, 11) is 1.58. The van der Waals surface area contributed by atoms with Crippen molar-refractivity contribution in [3.8, 4) is 0 Å². The highest BCUT2D eigenvalue weighted by molar-refractivity contribution is 5.98. The van der Waals surface area contributed by atoms with Gasteiger partial charge in [-0.1, -0.05) is 20.8 Å². The number of methoxy groups -OCH3 is 1. The summed E-state index contributed by atoms with van der Waals surface area (Å²) in [6, 6.07) is 0. The van der Waals surface area contributed by atoms with Gasteiger partial charge in [0.25, 0.3) is 0 Å². The van der Waals surface area contributed by atoms with Gasteiger partial charge in [0, 0.05) is 13.7 Å². The Morgan fingerprint density at radius 3 is 2.05 bits per heavy atom. The van der Waals surface area contributed by atoms with Gasteiger partial charge in [0.05, 0.1) is 12.2 Å². The number of carbonyl (C=O) groups excluding carboxylic acids is 2. The second-order valence-corrected chi connectivity index (χ2v) is 6.23. The van der Waals surface area contributed by atoms with Crippen molar-refractivity contribution in [3.05, 3.63) is 0 Å². The minimum atomic E-state index is -0.819. The molecule has 0 fully saturated rings. The lowest BCUT2D eigenvalue weighted by atomic mass is 9.80. The molecule has 1 N–H and O–H groups in total. The third-order valence-electron chi connectivity index (χ3n) is 2.89. The molecule has 19 heavy (non-hydrogen) atoms. The number of hydrogen-bond acceptors (Lipinski definition) is 4. The first-order valence-corrected chi connectivity index (χ1v) is 6.54. The van der Waals surface area contributed by atoms with Crippen LogP contribution in [0.3, 0.4) is 0 Å². The summed E-state index contributed by atoms with van der Waals surface area (Å²) in [6.45, 7) is 11.6. The number of ether oxygens (including phenoxy) is 2.